The summed E-state index contributed by atoms with van der Waals surface area (Å²) in [6.45, 7) is 3.50. The first kappa shape index (κ1) is 5.45. The molecule has 0 aromatic carbocycles. The van der Waals surface area contributed by atoms with Gasteiger partial charge in [0.05, 0.1) is 6.61 Å². The molecule has 1 fully saturated rings. The van der Waals surface area contributed by atoms with E-state index in [9.17, 15) is 0 Å². The second-order valence-corrected chi connectivity index (χ2v) is 2.40. The van der Waals surface area contributed by atoms with Crippen molar-refractivity contribution in [1.29, 1.82) is 1.43 Å². The van der Waals surface area contributed by atoms with Gasteiger partial charge in [-0.2, -0.15) is 0 Å². The molecule has 0 saturated carbocycles. The minimum Gasteiger partial charge on any atom is -0.395 e. The lowest BCUT2D eigenvalue weighted by Gasteiger charge is -2.01. The third kappa shape index (κ3) is 1.53. The van der Waals surface area contributed by atoms with Crippen LogP contribution in [-0.4, -0.2) is 25.7 Å². The van der Waals surface area contributed by atoms with Gasteiger partial charge < -0.3 is 10.4 Å². The van der Waals surface area contributed by atoms with Crippen molar-refractivity contribution in [3.05, 3.63) is 11.6 Å². The van der Waals surface area contributed by atoms with Gasteiger partial charge in [-0.25, -0.2) is 0 Å². The van der Waals surface area contributed by atoms with Gasteiger partial charge in [-0.15, -0.1) is 0 Å². The van der Waals surface area contributed by atoms with Crippen molar-refractivity contribution in [2.75, 3.05) is 13.2 Å². The number of aliphatic hydroxyl groups is 1. The Balaban J connectivity index is 2.29. The molecule has 0 unspecified atom stereocenters. The van der Waals surface area contributed by atoms with Crippen LogP contribution in [0.25, 0.3) is 0 Å². The predicted octanol–water partition coefficient (Wildman–Crippen LogP) is 0.287. The molecule has 52 valence electrons. The molecule has 0 aromatic rings. The van der Waals surface area contributed by atoms with Crippen LogP contribution in [0.5, 0.6) is 0 Å². The molecule has 1 rings (SSSR count). The number of hydrogen-bond acceptors (Lipinski definition) is 2. The number of nitrogens with one attached hydrogen (secondary N) is 1. The first-order chi connectivity index (χ1) is 4.86. The summed E-state index contributed by atoms with van der Waals surface area (Å²) < 4.78 is 6.53. The van der Waals surface area contributed by atoms with E-state index in [1.54, 1.807) is 0 Å². The summed E-state index contributed by atoms with van der Waals surface area (Å²) in [4.78, 5) is 0. The van der Waals surface area contributed by atoms with Gasteiger partial charge in [-0.3, -0.25) is 0 Å². The van der Waals surface area contributed by atoms with E-state index < -0.39 is 0 Å². The van der Waals surface area contributed by atoms with Crippen LogP contribution in [0, 0.1) is 0 Å². The number of aliphatic hydroxyl groups excluding tert-OH is 1. The Hall–Kier alpha value is -0.340. The summed E-state index contributed by atoms with van der Waals surface area (Å²) in [6, 6.07) is 0.365. The SMILES string of the molecule is [3H]OC[C@@H]1C/C(=C\C)CN1. The molecule has 1 heterocycles. The molecule has 1 saturated heterocycles. The van der Waals surface area contributed by atoms with Crippen molar-refractivity contribution in [3.63, 3.8) is 0 Å². The first-order valence-corrected chi connectivity index (χ1v) is 3.32. The fourth-order valence-corrected chi connectivity index (χ4v) is 1.07. The lowest BCUT2D eigenvalue weighted by molar-refractivity contribution is 0.256. The van der Waals surface area contributed by atoms with Crippen LogP contribution in [0.15, 0.2) is 11.6 Å². The van der Waals surface area contributed by atoms with E-state index >= 15 is 0 Å². The molecule has 0 amide bonds. The van der Waals surface area contributed by atoms with E-state index in [0.29, 0.717) is 12.6 Å². The van der Waals surface area contributed by atoms with Crippen molar-refractivity contribution in [3.8, 4) is 0 Å². The third-order valence-corrected chi connectivity index (χ3v) is 1.74. The molecular formula is C7H13NO. The van der Waals surface area contributed by atoms with Crippen LogP contribution in [-0.2, 0) is 0 Å². The summed E-state index contributed by atoms with van der Waals surface area (Å²) in [5.74, 6) is 0. The smallest absolute Gasteiger partial charge is 0.210 e. The second kappa shape index (κ2) is 2.99. The van der Waals surface area contributed by atoms with E-state index in [1.165, 1.54) is 5.57 Å². The molecule has 2 N–H and O–H groups in total. The third-order valence-electron chi connectivity index (χ3n) is 1.74. The fraction of sp³-hybridized carbons (Fsp3) is 0.714. The summed E-state index contributed by atoms with van der Waals surface area (Å²) in [7, 11) is 0. The minimum absolute atomic E-state index is 0.365. The average Bonchev–Trinajstić information content (AvgIpc) is 2.37. The first-order valence-electron chi connectivity index (χ1n) is 3.73. The van der Waals surface area contributed by atoms with Crippen molar-refractivity contribution in [2.45, 2.75) is 19.4 Å². The number of rotatable bonds is 2. The van der Waals surface area contributed by atoms with Gasteiger partial charge in [0, 0.05) is 12.6 Å². The molecular weight excluding hydrogens is 114 g/mol. The Morgan fingerprint density at radius 2 is 3.00 bits per heavy atom. The highest BCUT2D eigenvalue weighted by atomic mass is 16.3. The predicted molar refractivity (Wildman–Crippen MR) is 37.3 cm³/mol. The zero-order valence-electron chi connectivity index (χ0n) is 6.68. The van der Waals surface area contributed by atoms with Crippen LogP contribution in [0.1, 0.15) is 13.3 Å². The van der Waals surface area contributed by atoms with Crippen LogP contribution in [0.2, 0.25) is 0 Å². The summed E-state index contributed by atoms with van der Waals surface area (Å²) >= 11 is 0. The van der Waals surface area contributed by atoms with E-state index in [1.807, 2.05) is 6.92 Å². The molecule has 0 radical (unpaired) electrons. The lowest BCUT2D eigenvalue weighted by atomic mass is 10.1. The molecule has 9 heavy (non-hydrogen) atoms. The van der Waals surface area contributed by atoms with Crippen LogP contribution < -0.4 is 5.32 Å². The summed E-state index contributed by atoms with van der Waals surface area (Å²) in [5.41, 5.74) is 1.42. The second-order valence-electron chi connectivity index (χ2n) is 2.40. The fourth-order valence-electron chi connectivity index (χ4n) is 1.07. The van der Waals surface area contributed by atoms with Crippen LogP contribution in [0.4, 0.5) is 0 Å². The van der Waals surface area contributed by atoms with E-state index in [2.05, 4.69) is 16.5 Å². The largest absolute Gasteiger partial charge is 0.395 e. The summed E-state index contributed by atoms with van der Waals surface area (Å²) in [6.07, 6.45) is 3.16. The standard InChI is InChI=1S/C7H13NO/c1-2-6-3-7(5-9)8-4-6/h2,7-9H,3-5H2,1H3/b6-2+/t7-/m0/s1/i9T. The maximum Gasteiger partial charge on any atom is 0.210 e. The van der Waals surface area contributed by atoms with Gasteiger partial charge in [-0.1, -0.05) is 11.6 Å². The summed E-state index contributed by atoms with van der Waals surface area (Å²) in [5, 5.41) is 7.52. The average molecular weight is 129 g/mol. The molecule has 0 aromatic heterocycles. The van der Waals surface area contributed by atoms with Gasteiger partial charge in [0.25, 0.3) is 0 Å². The highest BCUT2D eigenvalue weighted by molar-refractivity contribution is 5.10. The molecule has 0 bridgehead atoms. The van der Waals surface area contributed by atoms with Gasteiger partial charge in [0.15, 0.2) is 0 Å². The maximum atomic E-state index is 6.53. The zero-order chi connectivity index (χ0) is 7.40. The van der Waals surface area contributed by atoms with Crippen molar-refractivity contribution in [2.24, 2.45) is 0 Å². The quantitative estimate of drug-likeness (QED) is 0.525. The van der Waals surface area contributed by atoms with Gasteiger partial charge in [0.1, 0.15) is 0 Å². The van der Waals surface area contributed by atoms with Crippen molar-refractivity contribution >= 4 is 0 Å². The highest BCUT2D eigenvalue weighted by Gasteiger charge is 2.15. The normalized spacial score (nSPS) is 33.2. The Kier molecular flexibility index (Phi) is 1.81. The molecule has 2 nitrogen and oxygen atoms in total. The molecule has 0 aliphatic carbocycles. The Morgan fingerprint density at radius 3 is 3.56 bits per heavy atom. The highest BCUT2D eigenvalue weighted by Crippen LogP contribution is 2.10. The Morgan fingerprint density at radius 1 is 2.11 bits per heavy atom. The number of allylic oxidation sites excluding steroid dienone is 1. The number of hydrogen-bond donors (Lipinski definition) is 2. The lowest BCUT2D eigenvalue weighted by Crippen LogP contribution is -2.24. The van der Waals surface area contributed by atoms with Gasteiger partial charge in [-0.05, 0) is 13.3 Å². The Labute approximate surface area is 57.1 Å². The monoisotopic (exact) mass is 129 g/mol. The minimum atomic E-state index is 0.365. The van der Waals surface area contributed by atoms with Gasteiger partial charge >= 0.3 is 0 Å². The van der Waals surface area contributed by atoms with E-state index in [4.69, 9.17) is 1.43 Å². The molecule has 2 heteroatoms. The van der Waals surface area contributed by atoms with E-state index in [0.717, 1.165) is 13.0 Å². The van der Waals surface area contributed by atoms with Crippen LogP contribution in [0.3, 0.4) is 0 Å². The van der Waals surface area contributed by atoms with Crippen molar-refractivity contribution in [1.82, 2.24) is 5.32 Å². The Bertz CT molecular complexity index is 136. The maximum absolute atomic E-state index is 6.53. The molecule has 1 atom stereocenters. The van der Waals surface area contributed by atoms with Gasteiger partial charge in [0.2, 0.25) is 1.43 Å². The molecule has 1 aliphatic rings. The molecule has 1 aliphatic heterocycles. The zero-order valence-corrected chi connectivity index (χ0v) is 5.68. The van der Waals surface area contributed by atoms with E-state index in [-0.39, 0.29) is 0 Å². The van der Waals surface area contributed by atoms with Crippen molar-refractivity contribution < 1.29 is 5.11 Å². The van der Waals surface area contributed by atoms with Crippen LogP contribution >= 0.6 is 0 Å². The molecule has 0 spiro atoms. The topological polar surface area (TPSA) is 32.3 Å².